The first-order valence-electron chi connectivity index (χ1n) is 4.53. The standard InChI is InChI=1S/C9H9BrF3NO2S/c10-8-3-1-2-7(6-8)4-5-14-17(15,16)9(11,12)13/h1-3,6,14H,4-5H2. The highest BCUT2D eigenvalue weighted by Gasteiger charge is 2.45. The van der Waals surface area contributed by atoms with Crippen LogP contribution in [0, 0.1) is 0 Å². The number of halogens is 4. The molecule has 0 bridgehead atoms. The van der Waals surface area contributed by atoms with Crippen LogP contribution in [0.4, 0.5) is 13.2 Å². The van der Waals surface area contributed by atoms with Crippen molar-refractivity contribution in [1.82, 2.24) is 4.72 Å². The SMILES string of the molecule is O=S(=O)(NCCc1cccc(Br)c1)C(F)(F)F. The van der Waals surface area contributed by atoms with Crippen LogP contribution in [0.5, 0.6) is 0 Å². The first kappa shape index (κ1) is 14.5. The quantitative estimate of drug-likeness (QED) is 0.921. The zero-order valence-electron chi connectivity index (χ0n) is 8.46. The van der Waals surface area contributed by atoms with E-state index in [1.54, 1.807) is 24.3 Å². The summed E-state index contributed by atoms with van der Waals surface area (Å²) in [6.45, 7) is -0.293. The van der Waals surface area contributed by atoms with E-state index >= 15 is 0 Å². The summed E-state index contributed by atoms with van der Waals surface area (Å²) in [4.78, 5) is 0. The molecule has 96 valence electrons. The maximum Gasteiger partial charge on any atom is 0.511 e. The highest BCUT2D eigenvalue weighted by Crippen LogP contribution is 2.21. The monoisotopic (exact) mass is 331 g/mol. The molecule has 0 aliphatic carbocycles. The van der Waals surface area contributed by atoms with Crippen molar-refractivity contribution in [2.75, 3.05) is 6.54 Å². The van der Waals surface area contributed by atoms with Gasteiger partial charge in [0, 0.05) is 11.0 Å². The van der Waals surface area contributed by atoms with E-state index in [2.05, 4.69) is 15.9 Å². The van der Waals surface area contributed by atoms with Crippen molar-refractivity contribution in [3.05, 3.63) is 34.3 Å². The minimum absolute atomic E-state index is 0.189. The highest BCUT2D eigenvalue weighted by atomic mass is 79.9. The molecule has 0 atom stereocenters. The Bertz CT molecular complexity index is 487. The van der Waals surface area contributed by atoms with Crippen LogP contribution < -0.4 is 4.72 Å². The number of nitrogens with one attached hydrogen (secondary N) is 1. The minimum Gasteiger partial charge on any atom is -0.207 e. The molecule has 0 unspecified atom stereocenters. The molecule has 8 heteroatoms. The van der Waals surface area contributed by atoms with Gasteiger partial charge in [0.05, 0.1) is 0 Å². The average molecular weight is 332 g/mol. The molecule has 3 nitrogen and oxygen atoms in total. The van der Waals surface area contributed by atoms with Gasteiger partial charge in [-0.1, -0.05) is 28.1 Å². The van der Waals surface area contributed by atoms with E-state index in [-0.39, 0.29) is 13.0 Å². The van der Waals surface area contributed by atoms with Gasteiger partial charge in [-0.3, -0.25) is 0 Å². The largest absolute Gasteiger partial charge is 0.511 e. The van der Waals surface area contributed by atoms with Crippen molar-refractivity contribution in [2.45, 2.75) is 11.9 Å². The van der Waals surface area contributed by atoms with Crippen molar-refractivity contribution in [3.8, 4) is 0 Å². The lowest BCUT2D eigenvalue weighted by atomic mass is 10.2. The smallest absolute Gasteiger partial charge is 0.207 e. The molecule has 1 N–H and O–H groups in total. The van der Waals surface area contributed by atoms with E-state index in [1.807, 2.05) is 0 Å². The molecular weight excluding hydrogens is 323 g/mol. The summed E-state index contributed by atoms with van der Waals surface area (Å²) >= 11 is 3.21. The molecule has 0 aliphatic rings. The second kappa shape index (κ2) is 5.36. The van der Waals surface area contributed by atoms with Gasteiger partial charge < -0.3 is 0 Å². The van der Waals surface area contributed by atoms with Gasteiger partial charge in [0.25, 0.3) is 0 Å². The number of benzene rings is 1. The molecule has 0 heterocycles. The third kappa shape index (κ3) is 4.29. The number of rotatable bonds is 4. The molecule has 0 saturated heterocycles. The first-order chi connectivity index (χ1) is 7.72. The predicted molar refractivity (Wildman–Crippen MR) is 60.8 cm³/mol. The van der Waals surface area contributed by atoms with Gasteiger partial charge >= 0.3 is 15.5 Å². The Hall–Kier alpha value is -0.600. The van der Waals surface area contributed by atoms with Crippen LogP contribution in [-0.2, 0) is 16.4 Å². The van der Waals surface area contributed by atoms with Crippen LogP contribution in [0.25, 0.3) is 0 Å². The molecule has 1 aromatic carbocycles. The molecule has 0 aromatic heterocycles. The van der Waals surface area contributed by atoms with E-state index in [4.69, 9.17) is 0 Å². The molecule has 0 spiro atoms. The maximum absolute atomic E-state index is 12.0. The summed E-state index contributed by atoms with van der Waals surface area (Å²) in [6, 6.07) is 6.90. The molecule has 1 aromatic rings. The van der Waals surface area contributed by atoms with E-state index < -0.39 is 15.5 Å². The number of hydrogen-bond donors (Lipinski definition) is 1. The van der Waals surface area contributed by atoms with Crippen LogP contribution >= 0.6 is 15.9 Å². The fraction of sp³-hybridized carbons (Fsp3) is 0.333. The highest BCUT2D eigenvalue weighted by molar-refractivity contribution is 9.10. The average Bonchev–Trinajstić information content (AvgIpc) is 2.15. The Morgan fingerprint density at radius 1 is 1.29 bits per heavy atom. The summed E-state index contributed by atoms with van der Waals surface area (Å²) in [5.41, 5.74) is -4.52. The van der Waals surface area contributed by atoms with Gasteiger partial charge in [-0.15, -0.1) is 0 Å². The molecular formula is C9H9BrF3NO2S. The zero-order chi connectivity index (χ0) is 13.1. The molecule has 1 rings (SSSR count). The Balaban J connectivity index is 2.55. The van der Waals surface area contributed by atoms with Crippen LogP contribution in [0.15, 0.2) is 28.7 Å². The fourth-order valence-electron chi connectivity index (χ4n) is 1.10. The van der Waals surface area contributed by atoms with Crippen LogP contribution in [-0.4, -0.2) is 20.5 Å². The minimum atomic E-state index is -5.26. The molecule has 17 heavy (non-hydrogen) atoms. The van der Waals surface area contributed by atoms with Gasteiger partial charge in [0.15, 0.2) is 0 Å². The van der Waals surface area contributed by atoms with Gasteiger partial charge in [-0.05, 0) is 24.1 Å². The lowest BCUT2D eigenvalue weighted by Gasteiger charge is -2.09. The Kier molecular flexibility index (Phi) is 4.56. The molecule has 0 amide bonds. The third-order valence-electron chi connectivity index (χ3n) is 1.90. The van der Waals surface area contributed by atoms with Crippen LogP contribution in [0.2, 0.25) is 0 Å². The summed E-state index contributed by atoms with van der Waals surface area (Å²) in [7, 11) is -5.24. The Morgan fingerprint density at radius 2 is 1.94 bits per heavy atom. The van der Waals surface area contributed by atoms with Gasteiger partial charge in [0.2, 0.25) is 0 Å². The summed E-state index contributed by atoms with van der Waals surface area (Å²) in [6.07, 6.45) is 0.189. The normalized spacial score (nSPS) is 12.7. The van der Waals surface area contributed by atoms with Crippen molar-refractivity contribution in [2.24, 2.45) is 0 Å². The molecule has 0 radical (unpaired) electrons. The van der Waals surface area contributed by atoms with Crippen molar-refractivity contribution >= 4 is 26.0 Å². The number of hydrogen-bond acceptors (Lipinski definition) is 2. The molecule has 0 aliphatic heterocycles. The molecule has 0 saturated carbocycles. The first-order valence-corrected chi connectivity index (χ1v) is 6.80. The van der Waals surface area contributed by atoms with Gasteiger partial charge in [-0.25, -0.2) is 13.1 Å². The van der Waals surface area contributed by atoms with Crippen LogP contribution in [0.1, 0.15) is 5.56 Å². The third-order valence-corrected chi connectivity index (χ3v) is 3.59. The lowest BCUT2D eigenvalue weighted by molar-refractivity contribution is -0.0447. The van der Waals surface area contributed by atoms with Crippen molar-refractivity contribution < 1.29 is 21.6 Å². The lowest BCUT2D eigenvalue weighted by Crippen LogP contribution is -2.37. The summed E-state index contributed by atoms with van der Waals surface area (Å²) in [5, 5.41) is 0. The number of sulfonamides is 1. The number of alkyl halides is 3. The van der Waals surface area contributed by atoms with E-state index in [0.29, 0.717) is 0 Å². The topological polar surface area (TPSA) is 46.2 Å². The predicted octanol–water partition coefficient (Wildman–Crippen LogP) is 2.43. The van der Waals surface area contributed by atoms with Crippen molar-refractivity contribution in [3.63, 3.8) is 0 Å². The van der Waals surface area contributed by atoms with Crippen LogP contribution in [0.3, 0.4) is 0 Å². The molecule has 0 fully saturated rings. The van der Waals surface area contributed by atoms with Gasteiger partial charge in [0.1, 0.15) is 0 Å². The fourth-order valence-corrected chi connectivity index (χ4v) is 2.09. The second-order valence-electron chi connectivity index (χ2n) is 3.22. The van der Waals surface area contributed by atoms with E-state index in [1.165, 1.54) is 4.72 Å². The van der Waals surface area contributed by atoms with Gasteiger partial charge in [-0.2, -0.15) is 13.2 Å². The second-order valence-corrected chi connectivity index (χ2v) is 5.90. The summed E-state index contributed by atoms with van der Waals surface area (Å²) < 4.78 is 59.5. The Labute approximate surface area is 105 Å². The zero-order valence-corrected chi connectivity index (χ0v) is 10.9. The van der Waals surface area contributed by atoms with Crippen molar-refractivity contribution in [1.29, 1.82) is 0 Å². The summed E-state index contributed by atoms with van der Waals surface area (Å²) in [5.74, 6) is 0. The van der Waals surface area contributed by atoms with E-state index in [9.17, 15) is 21.6 Å². The maximum atomic E-state index is 12.0. The Morgan fingerprint density at radius 3 is 2.47 bits per heavy atom. The van der Waals surface area contributed by atoms with E-state index in [0.717, 1.165) is 10.0 Å².